The molecule has 2 fully saturated rings. The van der Waals surface area contributed by atoms with Crippen molar-refractivity contribution in [2.75, 3.05) is 4.43 Å². The predicted molar refractivity (Wildman–Crippen MR) is 72.2 cm³/mol. The van der Waals surface area contributed by atoms with Crippen molar-refractivity contribution in [3.63, 3.8) is 0 Å². The van der Waals surface area contributed by atoms with Crippen molar-refractivity contribution in [1.82, 2.24) is 0 Å². The van der Waals surface area contributed by atoms with Crippen molar-refractivity contribution in [2.45, 2.75) is 52.1 Å². The molecule has 0 saturated heterocycles. The van der Waals surface area contributed by atoms with Gasteiger partial charge in [-0.2, -0.15) is 0 Å². The van der Waals surface area contributed by atoms with E-state index in [1.807, 2.05) is 0 Å². The number of aliphatic hydroxyl groups is 1. The Balaban J connectivity index is 2.17. The van der Waals surface area contributed by atoms with E-state index in [2.05, 4.69) is 36.4 Å². The predicted octanol–water partition coefficient (Wildman–Crippen LogP) is 3.63. The molecule has 2 saturated carbocycles. The summed E-state index contributed by atoms with van der Waals surface area (Å²) in [6.07, 6.45) is 6.24. The molecule has 0 heterocycles. The second-order valence-electron chi connectivity index (χ2n) is 5.89. The van der Waals surface area contributed by atoms with Crippen LogP contribution in [-0.4, -0.2) is 15.6 Å². The molecular formula is C13H23IO. The molecule has 0 unspecified atom stereocenters. The van der Waals surface area contributed by atoms with E-state index in [4.69, 9.17) is 0 Å². The molecule has 2 heteroatoms. The van der Waals surface area contributed by atoms with Gasteiger partial charge in [-0.05, 0) is 48.9 Å². The van der Waals surface area contributed by atoms with Gasteiger partial charge in [-0.15, -0.1) is 0 Å². The van der Waals surface area contributed by atoms with Crippen molar-refractivity contribution < 1.29 is 5.11 Å². The summed E-state index contributed by atoms with van der Waals surface area (Å²) in [5.74, 6) is 2.28. The molecule has 1 nitrogen and oxygen atoms in total. The molecule has 2 aliphatic carbocycles. The first kappa shape index (κ1) is 12.2. The summed E-state index contributed by atoms with van der Waals surface area (Å²) < 4.78 is 1.26. The van der Waals surface area contributed by atoms with Gasteiger partial charge in [0.2, 0.25) is 0 Å². The van der Waals surface area contributed by atoms with E-state index in [9.17, 15) is 5.11 Å². The van der Waals surface area contributed by atoms with Crippen LogP contribution in [0.5, 0.6) is 0 Å². The van der Waals surface area contributed by atoms with Crippen LogP contribution in [0.15, 0.2) is 0 Å². The number of hydrogen-bond acceptors (Lipinski definition) is 1. The highest BCUT2D eigenvalue weighted by Crippen LogP contribution is 2.57. The largest absolute Gasteiger partial charge is 0.393 e. The van der Waals surface area contributed by atoms with Crippen molar-refractivity contribution >= 4 is 22.6 Å². The van der Waals surface area contributed by atoms with E-state index in [1.165, 1.54) is 30.1 Å². The molecule has 0 bridgehead atoms. The van der Waals surface area contributed by atoms with Crippen LogP contribution >= 0.6 is 22.6 Å². The Hall–Kier alpha value is 0.690. The molecule has 0 amide bonds. The lowest BCUT2D eigenvalue weighted by Gasteiger charge is -2.45. The monoisotopic (exact) mass is 322 g/mol. The molecule has 5 atom stereocenters. The fourth-order valence-electron chi connectivity index (χ4n) is 4.23. The lowest BCUT2D eigenvalue weighted by Crippen LogP contribution is -2.41. The summed E-state index contributed by atoms with van der Waals surface area (Å²) in [5.41, 5.74) is 0.447. The fourth-order valence-corrected chi connectivity index (χ4v) is 4.85. The zero-order valence-corrected chi connectivity index (χ0v) is 12.0. The Bertz CT molecular complexity index is 231. The summed E-state index contributed by atoms with van der Waals surface area (Å²) in [7, 11) is 0. The van der Waals surface area contributed by atoms with E-state index < -0.39 is 0 Å². The zero-order valence-electron chi connectivity index (χ0n) is 9.88. The average molecular weight is 322 g/mol. The van der Waals surface area contributed by atoms with E-state index in [1.54, 1.807) is 0 Å². The lowest BCUT2D eigenvalue weighted by atomic mass is 9.62. The van der Waals surface area contributed by atoms with Gasteiger partial charge in [0.25, 0.3) is 0 Å². The summed E-state index contributed by atoms with van der Waals surface area (Å²) >= 11 is 2.52. The number of alkyl halides is 1. The van der Waals surface area contributed by atoms with E-state index in [0.717, 1.165) is 18.3 Å². The molecule has 2 rings (SSSR count). The molecule has 2 aliphatic rings. The molecule has 15 heavy (non-hydrogen) atoms. The maximum Gasteiger partial charge on any atom is 0.0573 e. The summed E-state index contributed by atoms with van der Waals surface area (Å²) in [6, 6.07) is 0. The van der Waals surface area contributed by atoms with Crippen LogP contribution in [0.3, 0.4) is 0 Å². The van der Waals surface area contributed by atoms with E-state index in [-0.39, 0.29) is 6.10 Å². The minimum absolute atomic E-state index is 0.00448. The normalized spacial score (nSPS) is 47.6. The molecule has 0 aromatic rings. The van der Waals surface area contributed by atoms with Crippen molar-refractivity contribution in [2.24, 2.45) is 23.2 Å². The first-order chi connectivity index (χ1) is 7.09. The smallest absolute Gasteiger partial charge is 0.0573 e. The number of halogens is 1. The van der Waals surface area contributed by atoms with Crippen LogP contribution in [0.25, 0.3) is 0 Å². The Kier molecular flexibility index (Phi) is 3.66. The first-order valence-corrected chi connectivity index (χ1v) is 7.86. The third-order valence-electron chi connectivity index (χ3n) is 5.09. The Morgan fingerprint density at radius 1 is 1.40 bits per heavy atom. The van der Waals surface area contributed by atoms with E-state index in [0.29, 0.717) is 11.3 Å². The van der Waals surface area contributed by atoms with Crippen molar-refractivity contribution in [1.29, 1.82) is 0 Å². The third-order valence-corrected chi connectivity index (χ3v) is 6.48. The van der Waals surface area contributed by atoms with Crippen LogP contribution in [0, 0.1) is 23.2 Å². The SMILES string of the molecule is C[C@H](CI)[C@H]1CC[C@H]2[C@H](O)CCC[C@]12C. The van der Waals surface area contributed by atoms with Gasteiger partial charge in [0.15, 0.2) is 0 Å². The third kappa shape index (κ3) is 1.97. The standard InChI is InChI=1S/C13H23IO/c1-9(8-14)10-5-6-11-12(15)4-3-7-13(10,11)2/h9-12,15H,3-8H2,1-2H3/t9-,10-,11+,12-,13-/m1/s1. The molecule has 0 aromatic carbocycles. The number of fused-ring (bicyclic) bond motifs is 1. The summed E-state index contributed by atoms with van der Waals surface area (Å²) in [6.45, 7) is 4.84. The van der Waals surface area contributed by atoms with Gasteiger partial charge in [0.05, 0.1) is 6.10 Å². The van der Waals surface area contributed by atoms with Gasteiger partial charge in [-0.25, -0.2) is 0 Å². The van der Waals surface area contributed by atoms with Gasteiger partial charge in [0, 0.05) is 4.43 Å². The maximum absolute atomic E-state index is 10.1. The van der Waals surface area contributed by atoms with Crippen LogP contribution < -0.4 is 0 Å². The van der Waals surface area contributed by atoms with Crippen LogP contribution in [0.4, 0.5) is 0 Å². The molecule has 0 radical (unpaired) electrons. The maximum atomic E-state index is 10.1. The Morgan fingerprint density at radius 3 is 2.80 bits per heavy atom. The topological polar surface area (TPSA) is 20.2 Å². The van der Waals surface area contributed by atoms with Gasteiger partial charge in [-0.1, -0.05) is 42.9 Å². The minimum Gasteiger partial charge on any atom is -0.393 e. The Labute approximate surface area is 107 Å². The Morgan fingerprint density at radius 2 is 2.13 bits per heavy atom. The van der Waals surface area contributed by atoms with Gasteiger partial charge in [0.1, 0.15) is 0 Å². The molecule has 0 spiro atoms. The molecule has 0 aliphatic heterocycles. The molecule has 88 valence electrons. The number of rotatable bonds is 2. The summed E-state index contributed by atoms with van der Waals surface area (Å²) in [4.78, 5) is 0. The van der Waals surface area contributed by atoms with Gasteiger partial charge >= 0.3 is 0 Å². The van der Waals surface area contributed by atoms with Crippen molar-refractivity contribution in [3.8, 4) is 0 Å². The quantitative estimate of drug-likeness (QED) is 0.608. The molecular weight excluding hydrogens is 299 g/mol. The highest BCUT2D eigenvalue weighted by Gasteiger charge is 2.51. The van der Waals surface area contributed by atoms with Crippen LogP contribution in [0.1, 0.15) is 46.0 Å². The number of hydrogen-bond donors (Lipinski definition) is 1. The fraction of sp³-hybridized carbons (Fsp3) is 1.00. The second kappa shape index (κ2) is 4.52. The molecule has 1 N–H and O–H groups in total. The average Bonchev–Trinajstić information content (AvgIpc) is 2.56. The van der Waals surface area contributed by atoms with Crippen LogP contribution in [-0.2, 0) is 0 Å². The molecule has 0 aromatic heterocycles. The first-order valence-electron chi connectivity index (χ1n) is 6.33. The van der Waals surface area contributed by atoms with Gasteiger partial charge in [-0.3, -0.25) is 0 Å². The lowest BCUT2D eigenvalue weighted by molar-refractivity contribution is -0.0247. The van der Waals surface area contributed by atoms with E-state index >= 15 is 0 Å². The highest BCUT2D eigenvalue weighted by atomic mass is 127. The number of aliphatic hydroxyl groups excluding tert-OH is 1. The highest BCUT2D eigenvalue weighted by molar-refractivity contribution is 14.1. The van der Waals surface area contributed by atoms with Crippen LogP contribution in [0.2, 0.25) is 0 Å². The summed E-state index contributed by atoms with van der Waals surface area (Å²) in [5, 5.41) is 10.1. The zero-order chi connectivity index (χ0) is 11.1. The second-order valence-corrected chi connectivity index (χ2v) is 6.77. The minimum atomic E-state index is -0.00448. The van der Waals surface area contributed by atoms with Gasteiger partial charge < -0.3 is 5.11 Å². The van der Waals surface area contributed by atoms with Crippen molar-refractivity contribution in [3.05, 3.63) is 0 Å².